The Morgan fingerprint density at radius 2 is 0.597 bits per heavy atom. The van der Waals surface area contributed by atoms with Gasteiger partial charge in [-0.1, -0.05) is 377 Å². The number of aliphatic carboxylic acids is 1. The van der Waals surface area contributed by atoms with Gasteiger partial charge in [0.2, 0.25) is 5.91 Å². The van der Waals surface area contributed by atoms with E-state index in [0.717, 1.165) is 99.5 Å². The van der Waals surface area contributed by atoms with Crippen molar-refractivity contribution < 1.29 is 110 Å². The molecule has 8 aromatic rings. The minimum atomic E-state index is -0.833. The summed E-state index contributed by atoms with van der Waals surface area (Å²) in [6.45, 7) is 32.6. The van der Waals surface area contributed by atoms with Gasteiger partial charge in [-0.2, -0.15) is 22.7 Å². The molecule has 4 N–H and O–H groups in total. The van der Waals surface area contributed by atoms with Gasteiger partial charge in [0.15, 0.2) is 11.6 Å². The number of benzene rings is 8. The fraction of sp³-hybridized carbons (Fsp3) is 0.413. The Labute approximate surface area is 836 Å². The van der Waals surface area contributed by atoms with Crippen LogP contribution >= 0.6 is 96.6 Å². The number of piperazine rings is 2. The summed E-state index contributed by atoms with van der Waals surface area (Å²) < 4.78 is 0. The topological polar surface area (TPSA) is 191 Å². The number of carbonyl (C=O) groups excluding carboxylic acids is 5. The average Bonchev–Trinajstić information content (AvgIpc) is 0.816. The minimum Gasteiger partial charge on any atom is -0.520 e. The molecule has 0 aromatic heterocycles. The number of Topliss-reactive ketones (excluding diaryl/α,β-unsaturated/α-hetero) is 2. The Balaban J connectivity index is -0.0000000969. The van der Waals surface area contributed by atoms with Crippen LogP contribution in [0.4, 0.5) is 0 Å². The zero-order valence-electron chi connectivity index (χ0n) is 75.5. The van der Waals surface area contributed by atoms with E-state index in [9.17, 15) is 24.0 Å². The van der Waals surface area contributed by atoms with Crippen molar-refractivity contribution >= 4 is 162 Å². The second-order valence-corrected chi connectivity index (χ2v) is 40.9. The van der Waals surface area contributed by atoms with Crippen molar-refractivity contribution in [3.05, 3.63) is 290 Å². The van der Waals surface area contributed by atoms with Gasteiger partial charge in [0.25, 0.3) is 5.97 Å². The van der Waals surface area contributed by atoms with E-state index in [-0.39, 0.29) is 128 Å². The largest absolute Gasteiger partial charge is 0.520 e. The van der Waals surface area contributed by atoms with Crippen LogP contribution in [0.15, 0.2) is 273 Å². The van der Waals surface area contributed by atoms with Gasteiger partial charge in [0.1, 0.15) is 13.2 Å². The first kappa shape index (κ1) is 150. The number of nitrogens with zero attached hydrogens (tertiary/aromatic N) is 5. The summed E-state index contributed by atoms with van der Waals surface area (Å²) in [6.07, 6.45) is 13.1. The van der Waals surface area contributed by atoms with Crippen LogP contribution in [0, 0.1) is 0 Å². The molecule has 124 heavy (non-hydrogen) atoms. The minimum absolute atomic E-state index is 0. The predicted molar refractivity (Wildman–Crippen MR) is 581 cm³/mol. The van der Waals surface area contributed by atoms with Crippen LogP contribution in [-0.2, 0) is 113 Å². The molecule has 0 aliphatic carbocycles. The molecule has 8 radical (unpaired) electrons. The monoisotopic (exact) mass is 2050 g/mol. The van der Waals surface area contributed by atoms with Crippen molar-refractivity contribution in [1.82, 2.24) is 29.8 Å². The normalized spacial score (nSPS) is 11.3. The predicted octanol–water partition coefficient (Wildman–Crippen LogP) is 20.0. The summed E-state index contributed by atoms with van der Waals surface area (Å²) in [5, 5.41) is 26.3. The van der Waals surface area contributed by atoms with E-state index >= 15 is 0 Å². The fourth-order valence-electron chi connectivity index (χ4n) is 8.56. The van der Waals surface area contributed by atoms with Crippen molar-refractivity contribution in [1.29, 1.82) is 0 Å². The number of ketones is 2. The summed E-state index contributed by atoms with van der Waals surface area (Å²) in [6, 6.07) is 92.9. The zero-order chi connectivity index (χ0) is 91.4. The fourth-order valence-corrected chi connectivity index (χ4v) is 8.56. The summed E-state index contributed by atoms with van der Waals surface area (Å²) in [4.78, 5) is 69.9. The number of carboxylic acid groups (broad SMARTS) is 1. The number of aliphatic hydroxyl groups excluding tert-OH is 2. The quantitative estimate of drug-likeness (QED) is 0.0486. The number of carboxylic acids is 1. The zero-order valence-corrected chi connectivity index (χ0v) is 93.7. The number of likely N-dealkylation sites (tertiary alicyclic amines) is 1. The molecular formula is C92H159B4N6O9P11Y2-2. The van der Waals surface area contributed by atoms with Crippen molar-refractivity contribution in [2.75, 3.05) is 97.9 Å². The average molecular weight is 2060 g/mol. The van der Waals surface area contributed by atoms with E-state index < -0.39 is 12.4 Å². The van der Waals surface area contributed by atoms with Crippen LogP contribution in [0.3, 0.4) is 0 Å². The molecule has 0 spiro atoms. The summed E-state index contributed by atoms with van der Waals surface area (Å²) in [7, 11) is 35.3. The van der Waals surface area contributed by atoms with Gasteiger partial charge in [0.05, 0.1) is 0 Å². The second-order valence-electron chi connectivity index (χ2n) is 24.3. The number of carbonyl (C=O) groups is 4. The molecule has 8 aromatic carbocycles. The molecule has 15 nitrogen and oxygen atoms in total. The van der Waals surface area contributed by atoms with E-state index in [0.29, 0.717) is 6.04 Å². The maximum atomic E-state index is 11.0. The van der Waals surface area contributed by atoms with Gasteiger partial charge in [-0.05, 0) is 62.9 Å². The number of amides is 3. The Morgan fingerprint density at radius 1 is 0.435 bits per heavy atom. The molecule has 4 fully saturated rings. The standard InChI is InChI=1S/C10H16N3O2.3C9H12.C8H14N3O.5C6H6.2C3H6O2.C3H9P.C2H4O2.2C2H6.2CH4.B4.H6P4.H5P3.H4P2.H3P.2Y/c1-9(15)13-6-10(7-13)12-4-2-11(8-14)3-5-12;3*1-2-6-9-7-4-3-5-8-9;12-7-10-1-3-11(4-2-10)8-5-9-6-8;5*1-2-4-6-5-3-1;2*1-3(5)2-4;1-2-3-4;1-2(3)4;2*1-2;;;2*1-4(2)3;1-3-2;1-2;;;/h10H,2-7H2,1H3;3*3-5,7-8H,2,6H2,1H3;8-9H,1-6H2;5*1-6H;2*4H,2H2,1H3;2-4H2,1H3;1H3,(H,3,4);2*1-2H3;2*1H4;;1-3H2;3H,1-2H2;1-2H2;1H3;;/q-1;;;;-1;;;;;;;;;;;;;;;;;;;;. The molecule has 32 heteroatoms. The number of rotatable bonds is 13. The SMILES string of the molecule is C.C.CC.CC.CC(=O)CO.CC(=O)CO.CC(=O)N1CC(N2CCN([C-]=O)CC2)C1.CC(=O)O.CCCP.CCCc1ccccc1.CCCc1ccccc1.CCCc1ccccc1.O=[C-]N1CCN(C2CNC2)CC1.P.PP.PP(P)P.PPP.[B]B([B])[B].[Y].[Y].c1ccccc1.c1ccccc1.c1ccccc1.c1ccccc1.c1ccccc1. The maximum Gasteiger partial charge on any atom is 0.300 e. The van der Waals surface area contributed by atoms with Crippen molar-refractivity contribution in [3.8, 4) is 0 Å². The molecule has 12 rings (SSSR count). The van der Waals surface area contributed by atoms with Crippen molar-refractivity contribution in [2.24, 2.45) is 0 Å². The number of aliphatic hydroxyl groups is 2. The van der Waals surface area contributed by atoms with Crippen LogP contribution in [0.25, 0.3) is 0 Å². The molecule has 9 atom stereocenters. The smallest absolute Gasteiger partial charge is 0.300 e. The Hall–Kier alpha value is -2.02. The van der Waals surface area contributed by atoms with Gasteiger partial charge in [-0.15, -0.1) is 71.7 Å². The van der Waals surface area contributed by atoms with E-state index in [4.69, 9.17) is 20.1 Å². The summed E-state index contributed by atoms with van der Waals surface area (Å²) in [5.74, 6) is -1.05. The van der Waals surface area contributed by atoms with Crippen LogP contribution < -0.4 is 5.32 Å². The molecule has 3 amide bonds. The third-order valence-corrected chi connectivity index (χ3v) is 14.8. The van der Waals surface area contributed by atoms with E-state index in [1.807, 2.05) is 227 Å². The molecule has 686 valence electrons. The molecule has 0 bridgehead atoms. The van der Waals surface area contributed by atoms with E-state index in [1.54, 1.807) is 16.7 Å². The molecule has 4 aliphatic rings. The summed E-state index contributed by atoms with van der Waals surface area (Å²) in [5.41, 5.74) is 4.33. The first-order chi connectivity index (χ1) is 57.5. The Kier molecular flexibility index (Phi) is 154. The van der Waals surface area contributed by atoms with Crippen molar-refractivity contribution in [3.63, 3.8) is 0 Å². The molecular weight excluding hydrogens is 1890 g/mol. The maximum absolute atomic E-state index is 11.0. The summed E-state index contributed by atoms with van der Waals surface area (Å²) >= 11 is 0. The number of hydrogen-bond acceptors (Lipinski definition) is 11. The second kappa shape index (κ2) is 127. The van der Waals surface area contributed by atoms with Gasteiger partial charge >= 0.3 is 0 Å². The van der Waals surface area contributed by atoms with Crippen LogP contribution in [0.1, 0.15) is 140 Å². The number of nitrogens with one attached hydrogen (secondary N) is 1. The van der Waals surface area contributed by atoms with Crippen LogP contribution in [0.5, 0.6) is 0 Å². The molecule has 9 unspecified atom stereocenters. The molecule has 4 heterocycles. The third kappa shape index (κ3) is 126. The van der Waals surface area contributed by atoms with Gasteiger partial charge < -0.3 is 44.9 Å². The van der Waals surface area contributed by atoms with Gasteiger partial charge in [-0.3, -0.25) is 29.0 Å². The first-order valence-electron chi connectivity index (χ1n) is 40.2. The Bertz CT molecular complexity index is 2800. The van der Waals surface area contributed by atoms with Crippen molar-refractivity contribution in [2.45, 2.75) is 155 Å². The number of hydrogen-bond donors (Lipinski definition) is 4. The Morgan fingerprint density at radius 3 is 0.718 bits per heavy atom. The number of aryl methyl sites for hydroxylation is 3. The first-order valence-corrected chi connectivity index (χ1v) is 54.5. The third-order valence-electron chi connectivity index (χ3n) is 14.2. The van der Waals surface area contributed by atoms with E-state index in [2.05, 4.69) is 229 Å². The molecule has 4 saturated heterocycles. The molecule has 4 aliphatic heterocycles. The van der Waals surface area contributed by atoms with Crippen LogP contribution in [-0.4, -0.2) is 216 Å². The van der Waals surface area contributed by atoms with E-state index in [1.165, 1.54) is 81.6 Å². The molecule has 0 saturated carbocycles. The van der Waals surface area contributed by atoms with Gasteiger partial charge in [-0.25, -0.2) is 0 Å². The van der Waals surface area contributed by atoms with Gasteiger partial charge in [0, 0.05) is 199 Å². The van der Waals surface area contributed by atoms with Crippen LogP contribution in [0.2, 0.25) is 0 Å².